The Morgan fingerprint density at radius 3 is 2.46 bits per heavy atom. The molecular formula is C20H22N4. The smallest absolute Gasteiger partial charge is 0.117 e. The van der Waals surface area contributed by atoms with Crippen molar-refractivity contribution in [1.29, 1.82) is 0 Å². The van der Waals surface area contributed by atoms with Gasteiger partial charge in [0.05, 0.1) is 6.54 Å². The van der Waals surface area contributed by atoms with E-state index < -0.39 is 0 Å². The first-order chi connectivity index (χ1) is 11.8. The standard InChI is InChI=1S/C20H22N4/c1-15-7-9-16(10-8-15)14-24-22-19(13-21-18-11-12-18)20(23-24)17-5-3-2-4-6-17/h2-10,18,21H,11-14H2,1H3. The van der Waals surface area contributed by atoms with Crippen LogP contribution in [0.3, 0.4) is 0 Å². The number of benzene rings is 2. The van der Waals surface area contributed by atoms with Crippen molar-refractivity contribution in [3.8, 4) is 11.3 Å². The molecule has 1 aliphatic carbocycles. The zero-order valence-corrected chi connectivity index (χ0v) is 13.9. The SMILES string of the molecule is Cc1ccc(Cn2nc(CNC3CC3)c(-c3ccccc3)n2)cc1. The summed E-state index contributed by atoms with van der Waals surface area (Å²) < 4.78 is 0. The lowest BCUT2D eigenvalue weighted by Crippen LogP contribution is -2.16. The predicted molar refractivity (Wildman–Crippen MR) is 95.6 cm³/mol. The second-order valence-electron chi connectivity index (χ2n) is 6.53. The number of aryl methyl sites for hydroxylation is 1. The van der Waals surface area contributed by atoms with Gasteiger partial charge in [-0.3, -0.25) is 0 Å². The van der Waals surface area contributed by atoms with Crippen molar-refractivity contribution in [2.75, 3.05) is 0 Å². The molecule has 1 saturated carbocycles. The Balaban J connectivity index is 1.61. The number of aromatic nitrogens is 3. The van der Waals surface area contributed by atoms with E-state index in [0.29, 0.717) is 12.6 Å². The van der Waals surface area contributed by atoms with Crippen molar-refractivity contribution in [3.63, 3.8) is 0 Å². The third-order valence-electron chi connectivity index (χ3n) is 4.35. The quantitative estimate of drug-likeness (QED) is 0.756. The average molecular weight is 318 g/mol. The molecule has 1 N–H and O–H groups in total. The Bertz CT molecular complexity index is 801. The van der Waals surface area contributed by atoms with Crippen LogP contribution in [0.2, 0.25) is 0 Å². The molecule has 0 atom stereocenters. The van der Waals surface area contributed by atoms with Crippen LogP contribution in [0.4, 0.5) is 0 Å². The van der Waals surface area contributed by atoms with Gasteiger partial charge in [-0.05, 0) is 25.3 Å². The molecule has 0 saturated heterocycles. The van der Waals surface area contributed by atoms with Crippen molar-refractivity contribution in [3.05, 3.63) is 71.4 Å². The molecule has 2 aromatic carbocycles. The maximum Gasteiger partial charge on any atom is 0.117 e. The number of hydrogen-bond donors (Lipinski definition) is 1. The topological polar surface area (TPSA) is 42.7 Å². The van der Waals surface area contributed by atoms with Gasteiger partial charge in [-0.1, -0.05) is 60.2 Å². The van der Waals surface area contributed by atoms with E-state index in [0.717, 1.165) is 23.5 Å². The third kappa shape index (κ3) is 3.54. The normalized spacial score (nSPS) is 14.0. The number of nitrogens with one attached hydrogen (secondary N) is 1. The molecule has 1 aliphatic rings. The summed E-state index contributed by atoms with van der Waals surface area (Å²) in [4.78, 5) is 1.82. The molecule has 1 aromatic heterocycles. The van der Waals surface area contributed by atoms with Gasteiger partial charge in [0, 0.05) is 18.2 Å². The van der Waals surface area contributed by atoms with E-state index in [-0.39, 0.29) is 0 Å². The molecule has 0 radical (unpaired) electrons. The van der Waals surface area contributed by atoms with E-state index in [2.05, 4.69) is 48.6 Å². The van der Waals surface area contributed by atoms with E-state index in [4.69, 9.17) is 10.2 Å². The molecule has 4 rings (SSSR count). The van der Waals surface area contributed by atoms with Gasteiger partial charge in [-0.25, -0.2) is 0 Å². The average Bonchev–Trinajstić information content (AvgIpc) is 3.36. The van der Waals surface area contributed by atoms with E-state index in [1.165, 1.54) is 24.0 Å². The van der Waals surface area contributed by atoms with Crippen LogP contribution < -0.4 is 5.32 Å². The second kappa shape index (κ2) is 6.57. The van der Waals surface area contributed by atoms with Crippen LogP contribution in [-0.2, 0) is 13.1 Å². The first kappa shape index (κ1) is 15.1. The maximum atomic E-state index is 4.76. The van der Waals surface area contributed by atoms with Gasteiger partial charge in [-0.15, -0.1) is 0 Å². The van der Waals surface area contributed by atoms with Crippen molar-refractivity contribution in [2.45, 2.75) is 38.9 Å². The minimum absolute atomic E-state index is 0.663. The molecule has 0 spiro atoms. The molecule has 1 fully saturated rings. The molecule has 4 heteroatoms. The van der Waals surface area contributed by atoms with Crippen molar-refractivity contribution >= 4 is 0 Å². The van der Waals surface area contributed by atoms with Gasteiger partial charge >= 0.3 is 0 Å². The summed E-state index contributed by atoms with van der Waals surface area (Å²) in [5.74, 6) is 0. The lowest BCUT2D eigenvalue weighted by molar-refractivity contribution is 0.576. The number of hydrogen-bond acceptors (Lipinski definition) is 3. The largest absolute Gasteiger partial charge is 0.308 e. The van der Waals surface area contributed by atoms with Gasteiger partial charge in [0.15, 0.2) is 0 Å². The van der Waals surface area contributed by atoms with Crippen LogP contribution in [0, 0.1) is 6.92 Å². The zero-order chi connectivity index (χ0) is 16.4. The molecule has 24 heavy (non-hydrogen) atoms. The first-order valence-corrected chi connectivity index (χ1v) is 8.56. The Kier molecular flexibility index (Phi) is 4.13. The summed E-state index contributed by atoms with van der Waals surface area (Å²) >= 11 is 0. The van der Waals surface area contributed by atoms with Gasteiger partial charge in [-0.2, -0.15) is 15.0 Å². The van der Waals surface area contributed by atoms with E-state index >= 15 is 0 Å². The highest BCUT2D eigenvalue weighted by Crippen LogP contribution is 2.23. The monoisotopic (exact) mass is 318 g/mol. The number of rotatable bonds is 6. The molecule has 1 heterocycles. The van der Waals surface area contributed by atoms with Crippen molar-refractivity contribution in [2.24, 2.45) is 0 Å². The summed E-state index contributed by atoms with van der Waals surface area (Å²) in [7, 11) is 0. The molecule has 0 aliphatic heterocycles. The van der Waals surface area contributed by atoms with Crippen LogP contribution in [0.1, 0.15) is 29.7 Å². The molecule has 0 unspecified atom stereocenters. The Hall–Kier alpha value is -2.46. The summed E-state index contributed by atoms with van der Waals surface area (Å²) in [6, 6.07) is 19.5. The predicted octanol–water partition coefficient (Wildman–Crippen LogP) is 3.55. The summed E-state index contributed by atoms with van der Waals surface area (Å²) in [5.41, 5.74) is 5.62. The molecule has 0 bridgehead atoms. The highest BCUT2D eigenvalue weighted by atomic mass is 15.5. The summed E-state index contributed by atoms with van der Waals surface area (Å²) in [5, 5.41) is 13.1. The van der Waals surface area contributed by atoms with Gasteiger partial charge in [0.2, 0.25) is 0 Å². The van der Waals surface area contributed by atoms with Crippen LogP contribution in [0.5, 0.6) is 0 Å². The van der Waals surface area contributed by atoms with Crippen molar-refractivity contribution < 1.29 is 0 Å². The Labute approximate surface area is 142 Å². The van der Waals surface area contributed by atoms with Crippen LogP contribution in [0.15, 0.2) is 54.6 Å². The molecular weight excluding hydrogens is 296 g/mol. The maximum absolute atomic E-state index is 4.76. The minimum Gasteiger partial charge on any atom is -0.308 e. The van der Waals surface area contributed by atoms with Crippen LogP contribution in [-0.4, -0.2) is 21.0 Å². The highest BCUT2D eigenvalue weighted by Gasteiger charge is 2.22. The summed E-state index contributed by atoms with van der Waals surface area (Å²) in [6.07, 6.45) is 2.55. The lowest BCUT2D eigenvalue weighted by atomic mass is 10.1. The molecule has 0 amide bonds. The van der Waals surface area contributed by atoms with Crippen LogP contribution >= 0.6 is 0 Å². The summed E-state index contributed by atoms with van der Waals surface area (Å²) in [6.45, 7) is 3.58. The van der Waals surface area contributed by atoms with Crippen LogP contribution in [0.25, 0.3) is 11.3 Å². The second-order valence-corrected chi connectivity index (χ2v) is 6.53. The molecule has 122 valence electrons. The van der Waals surface area contributed by atoms with E-state index in [1.807, 2.05) is 23.0 Å². The van der Waals surface area contributed by atoms with E-state index in [9.17, 15) is 0 Å². The first-order valence-electron chi connectivity index (χ1n) is 8.56. The lowest BCUT2D eigenvalue weighted by Gasteiger charge is -2.01. The number of nitrogens with zero attached hydrogens (tertiary/aromatic N) is 3. The fourth-order valence-electron chi connectivity index (χ4n) is 2.78. The van der Waals surface area contributed by atoms with Gasteiger partial charge in [0.1, 0.15) is 11.4 Å². The minimum atomic E-state index is 0.663. The third-order valence-corrected chi connectivity index (χ3v) is 4.35. The molecule has 4 nitrogen and oxygen atoms in total. The fraction of sp³-hybridized carbons (Fsp3) is 0.300. The van der Waals surface area contributed by atoms with Gasteiger partial charge in [0.25, 0.3) is 0 Å². The molecule has 3 aromatic rings. The zero-order valence-electron chi connectivity index (χ0n) is 13.9. The van der Waals surface area contributed by atoms with E-state index in [1.54, 1.807) is 0 Å². The Morgan fingerprint density at radius 2 is 1.75 bits per heavy atom. The fourth-order valence-corrected chi connectivity index (χ4v) is 2.78. The van der Waals surface area contributed by atoms with Crippen molar-refractivity contribution in [1.82, 2.24) is 20.3 Å². The highest BCUT2D eigenvalue weighted by molar-refractivity contribution is 5.60. The Morgan fingerprint density at radius 1 is 1.00 bits per heavy atom. The van der Waals surface area contributed by atoms with Gasteiger partial charge < -0.3 is 5.32 Å².